The highest BCUT2D eigenvalue weighted by molar-refractivity contribution is 14.1. The first-order valence-corrected chi connectivity index (χ1v) is 7.30. The summed E-state index contributed by atoms with van der Waals surface area (Å²) in [5.41, 5.74) is 0.534. The van der Waals surface area contributed by atoms with Gasteiger partial charge in [0.25, 0.3) is 0 Å². The van der Waals surface area contributed by atoms with E-state index in [9.17, 15) is 0 Å². The molecule has 0 saturated carbocycles. The third kappa shape index (κ3) is 3.29. The standard InChI is InChI=1S/C12H18ClIN2O/c1-5-8-9(14)10(13)16-11(15-8)12(4,6-2)17-7-3/h5-7H2,1-4H3. The van der Waals surface area contributed by atoms with Crippen molar-refractivity contribution in [3.05, 3.63) is 20.2 Å². The lowest BCUT2D eigenvalue weighted by molar-refractivity contribution is -0.0392. The fraction of sp³-hybridized carbons (Fsp3) is 0.667. The van der Waals surface area contributed by atoms with Crippen molar-refractivity contribution in [2.75, 3.05) is 6.61 Å². The molecule has 0 aromatic carbocycles. The molecule has 0 aliphatic carbocycles. The summed E-state index contributed by atoms with van der Waals surface area (Å²) in [5.74, 6) is 0.684. The summed E-state index contributed by atoms with van der Waals surface area (Å²) in [6.45, 7) is 8.75. The molecule has 0 amide bonds. The molecule has 1 aromatic rings. The van der Waals surface area contributed by atoms with Gasteiger partial charge in [-0.2, -0.15) is 0 Å². The van der Waals surface area contributed by atoms with Gasteiger partial charge >= 0.3 is 0 Å². The topological polar surface area (TPSA) is 35.0 Å². The molecule has 1 heterocycles. The van der Waals surface area contributed by atoms with E-state index in [1.165, 1.54) is 0 Å². The Morgan fingerprint density at radius 2 is 1.94 bits per heavy atom. The zero-order valence-electron chi connectivity index (χ0n) is 10.7. The Balaban J connectivity index is 3.25. The van der Waals surface area contributed by atoms with Gasteiger partial charge in [0.1, 0.15) is 10.8 Å². The van der Waals surface area contributed by atoms with Gasteiger partial charge in [-0.25, -0.2) is 9.97 Å². The number of rotatable bonds is 5. The number of halogens is 2. The monoisotopic (exact) mass is 368 g/mol. The highest BCUT2D eigenvalue weighted by Crippen LogP contribution is 2.29. The molecule has 0 aliphatic rings. The van der Waals surface area contributed by atoms with Gasteiger partial charge in [-0.05, 0) is 49.3 Å². The number of hydrogen-bond donors (Lipinski definition) is 0. The largest absolute Gasteiger partial charge is 0.368 e. The number of aromatic nitrogens is 2. The molecular formula is C12H18ClIN2O. The van der Waals surface area contributed by atoms with Crippen LogP contribution in [-0.4, -0.2) is 16.6 Å². The summed E-state index contributed by atoms with van der Waals surface area (Å²) in [6.07, 6.45) is 1.67. The summed E-state index contributed by atoms with van der Waals surface area (Å²) in [4.78, 5) is 8.95. The van der Waals surface area contributed by atoms with Crippen LogP contribution < -0.4 is 0 Å². The minimum atomic E-state index is -0.452. The lowest BCUT2D eigenvalue weighted by Gasteiger charge is -2.27. The molecule has 5 heteroatoms. The van der Waals surface area contributed by atoms with E-state index in [1.54, 1.807) is 0 Å². The molecule has 0 N–H and O–H groups in total. The molecule has 17 heavy (non-hydrogen) atoms. The van der Waals surface area contributed by atoms with Crippen molar-refractivity contribution in [2.45, 2.75) is 46.1 Å². The average Bonchev–Trinajstić information content (AvgIpc) is 2.32. The van der Waals surface area contributed by atoms with Gasteiger partial charge in [0.15, 0.2) is 5.82 Å². The molecule has 96 valence electrons. The summed E-state index contributed by atoms with van der Waals surface area (Å²) in [7, 11) is 0. The van der Waals surface area contributed by atoms with Crippen LogP contribution in [0.3, 0.4) is 0 Å². The van der Waals surface area contributed by atoms with Crippen LogP contribution in [0.2, 0.25) is 5.15 Å². The van der Waals surface area contributed by atoms with Gasteiger partial charge in [-0.1, -0.05) is 25.4 Å². The van der Waals surface area contributed by atoms with Crippen molar-refractivity contribution in [1.82, 2.24) is 9.97 Å². The van der Waals surface area contributed by atoms with Crippen LogP contribution in [0.1, 0.15) is 45.6 Å². The molecule has 1 aromatic heterocycles. The van der Waals surface area contributed by atoms with Crippen LogP contribution in [0.4, 0.5) is 0 Å². The van der Waals surface area contributed by atoms with Crippen molar-refractivity contribution >= 4 is 34.2 Å². The molecular weight excluding hydrogens is 351 g/mol. The average molecular weight is 369 g/mol. The Kier molecular flexibility index (Phi) is 5.60. The van der Waals surface area contributed by atoms with E-state index < -0.39 is 5.60 Å². The highest BCUT2D eigenvalue weighted by Gasteiger charge is 2.29. The smallest absolute Gasteiger partial charge is 0.161 e. The lowest BCUT2D eigenvalue weighted by Crippen LogP contribution is -2.28. The number of nitrogens with zero attached hydrogens (tertiary/aromatic N) is 2. The quantitative estimate of drug-likeness (QED) is 0.583. The van der Waals surface area contributed by atoms with Crippen molar-refractivity contribution in [3.63, 3.8) is 0 Å². The third-order valence-electron chi connectivity index (χ3n) is 2.82. The molecule has 1 unspecified atom stereocenters. The van der Waals surface area contributed by atoms with Crippen LogP contribution in [0.5, 0.6) is 0 Å². The Bertz CT molecular complexity index is 400. The number of ether oxygens (including phenoxy) is 1. The predicted octanol–water partition coefficient (Wildman–Crippen LogP) is 3.96. The fourth-order valence-corrected chi connectivity index (χ4v) is 2.39. The van der Waals surface area contributed by atoms with Gasteiger partial charge in [0.2, 0.25) is 0 Å². The molecule has 0 fully saturated rings. The first-order chi connectivity index (χ1) is 7.98. The number of aryl methyl sites for hydroxylation is 1. The van der Waals surface area contributed by atoms with E-state index in [4.69, 9.17) is 16.3 Å². The maximum Gasteiger partial charge on any atom is 0.161 e. The van der Waals surface area contributed by atoms with Crippen LogP contribution in [0.25, 0.3) is 0 Å². The predicted molar refractivity (Wildman–Crippen MR) is 78.4 cm³/mol. The maximum atomic E-state index is 6.15. The second kappa shape index (κ2) is 6.29. The molecule has 0 spiro atoms. The minimum absolute atomic E-state index is 0.452. The fourth-order valence-electron chi connectivity index (χ4n) is 1.58. The van der Waals surface area contributed by atoms with Gasteiger partial charge in [0, 0.05) is 6.61 Å². The second-order valence-electron chi connectivity index (χ2n) is 3.97. The molecule has 1 atom stereocenters. The maximum absolute atomic E-state index is 6.15. The van der Waals surface area contributed by atoms with Gasteiger partial charge < -0.3 is 4.74 Å². The Morgan fingerprint density at radius 3 is 2.41 bits per heavy atom. The Hall–Kier alpha value is 0.0600. The first kappa shape index (κ1) is 15.1. The highest BCUT2D eigenvalue weighted by atomic mass is 127. The van der Waals surface area contributed by atoms with Gasteiger partial charge in [-0.3, -0.25) is 0 Å². The molecule has 0 aliphatic heterocycles. The summed E-state index contributed by atoms with van der Waals surface area (Å²) in [6, 6.07) is 0. The van der Waals surface area contributed by atoms with Crippen molar-refractivity contribution in [2.24, 2.45) is 0 Å². The van der Waals surface area contributed by atoms with Crippen LogP contribution in [-0.2, 0) is 16.8 Å². The second-order valence-corrected chi connectivity index (χ2v) is 5.41. The lowest BCUT2D eigenvalue weighted by atomic mass is 10.0. The van der Waals surface area contributed by atoms with E-state index in [1.807, 2.05) is 13.8 Å². The molecule has 1 rings (SSSR count). The van der Waals surface area contributed by atoms with E-state index in [2.05, 4.69) is 46.4 Å². The van der Waals surface area contributed by atoms with Crippen LogP contribution in [0, 0.1) is 3.57 Å². The van der Waals surface area contributed by atoms with Crippen molar-refractivity contribution < 1.29 is 4.74 Å². The van der Waals surface area contributed by atoms with E-state index in [0.29, 0.717) is 17.6 Å². The zero-order valence-corrected chi connectivity index (χ0v) is 13.6. The Morgan fingerprint density at radius 1 is 1.29 bits per heavy atom. The SMILES string of the molecule is CCOC(C)(CC)c1nc(Cl)c(I)c(CC)n1. The molecule has 0 bridgehead atoms. The summed E-state index contributed by atoms with van der Waals surface area (Å²) < 4.78 is 6.71. The molecule has 0 saturated heterocycles. The first-order valence-electron chi connectivity index (χ1n) is 5.84. The van der Waals surface area contributed by atoms with E-state index in [-0.39, 0.29) is 0 Å². The van der Waals surface area contributed by atoms with Crippen LogP contribution in [0.15, 0.2) is 0 Å². The van der Waals surface area contributed by atoms with E-state index in [0.717, 1.165) is 22.1 Å². The van der Waals surface area contributed by atoms with E-state index >= 15 is 0 Å². The van der Waals surface area contributed by atoms with Gasteiger partial charge in [0.05, 0.1) is 9.26 Å². The van der Waals surface area contributed by atoms with Gasteiger partial charge in [-0.15, -0.1) is 0 Å². The van der Waals surface area contributed by atoms with Crippen molar-refractivity contribution in [3.8, 4) is 0 Å². The molecule has 3 nitrogen and oxygen atoms in total. The number of hydrogen-bond acceptors (Lipinski definition) is 3. The summed E-state index contributed by atoms with van der Waals surface area (Å²) in [5, 5.41) is 0.520. The zero-order chi connectivity index (χ0) is 13.1. The Labute approximate surface area is 121 Å². The van der Waals surface area contributed by atoms with Crippen LogP contribution >= 0.6 is 34.2 Å². The summed E-state index contributed by atoms with van der Waals surface area (Å²) >= 11 is 8.33. The third-order valence-corrected chi connectivity index (χ3v) is 4.55. The normalized spacial score (nSPS) is 14.7. The van der Waals surface area contributed by atoms with Crippen molar-refractivity contribution in [1.29, 1.82) is 0 Å². The minimum Gasteiger partial charge on any atom is -0.368 e. The molecule has 0 radical (unpaired) electrons.